The van der Waals surface area contributed by atoms with Crippen LogP contribution in [0.1, 0.15) is 94.5 Å². The van der Waals surface area contributed by atoms with E-state index >= 15 is 0 Å². The third kappa shape index (κ3) is 7.66. The van der Waals surface area contributed by atoms with Crippen LogP contribution in [0.2, 0.25) is 0 Å². The lowest BCUT2D eigenvalue weighted by Crippen LogP contribution is -1.97. The van der Waals surface area contributed by atoms with Crippen molar-refractivity contribution in [2.45, 2.75) is 84.0 Å². The predicted molar refractivity (Wildman–Crippen MR) is 110 cm³/mol. The average Bonchev–Trinajstić information content (AvgIpc) is 3.11. The minimum Gasteiger partial charge on any atom is -0.493 e. The Morgan fingerprint density at radius 2 is 1.52 bits per heavy atom. The lowest BCUT2D eigenvalue weighted by atomic mass is 10.1. The number of unbranched alkanes of at least 4 members (excludes halogenated alkanes) is 11. The van der Waals surface area contributed by atoms with Crippen molar-refractivity contribution in [1.82, 2.24) is 0 Å². The number of carboxylic acids is 1. The van der Waals surface area contributed by atoms with E-state index in [2.05, 4.69) is 6.92 Å². The van der Waals surface area contributed by atoms with Crippen molar-refractivity contribution in [2.75, 3.05) is 6.61 Å². The summed E-state index contributed by atoms with van der Waals surface area (Å²) in [4.78, 5) is 11.0. The zero-order valence-corrected chi connectivity index (χ0v) is 16.7. The van der Waals surface area contributed by atoms with Gasteiger partial charge in [0, 0.05) is 6.07 Å². The molecule has 0 spiro atoms. The number of hydrogen-bond donors (Lipinski definition) is 1. The summed E-state index contributed by atoms with van der Waals surface area (Å²) in [6.07, 6.45) is 15.8. The molecule has 150 valence electrons. The summed E-state index contributed by atoms with van der Waals surface area (Å²) in [7, 11) is 0. The normalized spacial score (nSPS) is 11.1. The number of aromatic carboxylic acids is 1. The van der Waals surface area contributed by atoms with Crippen molar-refractivity contribution in [3.05, 3.63) is 30.0 Å². The number of benzene rings is 1. The Morgan fingerprint density at radius 1 is 0.926 bits per heavy atom. The van der Waals surface area contributed by atoms with Gasteiger partial charge in [-0.2, -0.15) is 0 Å². The molecular weight excluding hydrogens is 340 g/mol. The Kier molecular flexibility index (Phi) is 9.81. The second-order valence-corrected chi connectivity index (χ2v) is 7.32. The van der Waals surface area contributed by atoms with Crippen LogP contribution in [0.5, 0.6) is 5.75 Å². The summed E-state index contributed by atoms with van der Waals surface area (Å²) < 4.78 is 11.2. The van der Waals surface area contributed by atoms with Gasteiger partial charge in [0.1, 0.15) is 11.3 Å². The highest BCUT2D eigenvalue weighted by atomic mass is 16.5. The number of carbonyl (C=O) groups is 1. The summed E-state index contributed by atoms with van der Waals surface area (Å²) in [6, 6.07) is 6.99. The minimum absolute atomic E-state index is 0.0496. The molecule has 0 saturated heterocycles. The van der Waals surface area contributed by atoms with E-state index in [0.29, 0.717) is 17.9 Å². The number of rotatable bonds is 15. The van der Waals surface area contributed by atoms with Crippen molar-refractivity contribution >= 4 is 16.9 Å². The zero-order chi connectivity index (χ0) is 19.3. The molecule has 1 aromatic carbocycles. The summed E-state index contributed by atoms with van der Waals surface area (Å²) in [5.74, 6) is -0.406. The minimum atomic E-state index is -1.06. The van der Waals surface area contributed by atoms with Crippen LogP contribution in [-0.2, 0) is 0 Å². The van der Waals surface area contributed by atoms with E-state index < -0.39 is 5.97 Å². The molecule has 0 amide bonds. The van der Waals surface area contributed by atoms with Gasteiger partial charge >= 0.3 is 5.97 Å². The SMILES string of the molecule is CCCCCCCCCCCCCCOc1cccc2oc(C(=O)O)cc12. The first-order chi connectivity index (χ1) is 13.2. The maximum atomic E-state index is 11.0. The molecule has 1 aromatic heterocycles. The summed E-state index contributed by atoms with van der Waals surface area (Å²) in [5.41, 5.74) is 0.555. The molecule has 2 aromatic rings. The fourth-order valence-electron chi connectivity index (χ4n) is 3.39. The van der Waals surface area contributed by atoms with Crippen LogP contribution in [0.3, 0.4) is 0 Å². The molecule has 0 atom stereocenters. The van der Waals surface area contributed by atoms with E-state index in [-0.39, 0.29) is 5.76 Å². The molecule has 0 aliphatic heterocycles. The first-order valence-corrected chi connectivity index (χ1v) is 10.6. The predicted octanol–water partition coefficient (Wildman–Crippen LogP) is 7.21. The van der Waals surface area contributed by atoms with Crippen LogP contribution < -0.4 is 4.74 Å². The van der Waals surface area contributed by atoms with Gasteiger partial charge in [-0.3, -0.25) is 0 Å². The van der Waals surface area contributed by atoms with Gasteiger partial charge in [-0.1, -0.05) is 83.6 Å². The standard InChI is InChI=1S/C23H34O4/c1-2-3-4-5-6-7-8-9-10-11-12-13-17-26-20-15-14-16-21-19(20)18-22(27-21)23(24)25/h14-16,18H,2-13,17H2,1H3,(H,24,25). The Balaban J connectivity index is 1.53. The molecule has 0 bridgehead atoms. The van der Waals surface area contributed by atoms with Gasteiger partial charge in [-0.15, -0.1) is 0 Å². The molecule has 0 aliphatic carbocycles. The van der Waals surface area contributed by atoms with E-state index in [1.54, 1.807) is 6.07 Å². The van der Waals surface area contributed by atoms with Crippen molar-refractivity contribution in [3.8, 4) is 5.75 Å². The van der Waals surface area contributed by atoms with Gasteiger partial charge in [0.2, 0.25) is 5.76 Å². The van der Waals surface area contributed by atoms with Crippen molar-refractivity contribution in [2.24, 2.45) is 0 Å². The Bertz CT molecular complexity index is 674. The fourth-order valence-corrected chi connectivity index (χ4v) is 3.39. The first kappa shape index (κ1) is 21.3. The highest BCUT2D eigenvalue weighted by Gasteiger charge is 2.13. The lowest BCUT2D eigenvalue weighted by Gasteiger charge is -2.07. The van der Waals surface area contributed by atoms with Gasteiger partial charge in [-0.25, -0.2) is 4.79 Å². The molecule has 0 fully saturated rings. The van der Waals surface area contributed by atoms with Gasteiger partial charge in [0.15, 0.2) is 0 Å². The smallest absolute Gasteiger partial charge is 0.371 e. The van der Waals surface area contributed by atoms with Crippen molar-refractivity contribution in [3.63, 3.8) is 0 Å². The summed E-state index contributed by atoms with van der Waals surface area (Å²) in [6.45, 7) is 2.92. The number of ether oxygens (including phenoxy) is 1. The third-order valence-electron chi connectivity index (χ3n) is 4.99. The molecule has 1 N–H and O–H groups in total. The van der Waals surface area contributed by atoms with Crippen molar-refractivity contribution < 1.29 is 19.1 Å². The summed E-state index contributed by atoms with van der Waals surface area (Å²) in [5, 5.41) is 9.77. The van der Waals surface area contributed by atoms with E-state index in [1.807, 2.05) is 12.1 Å². The highest BCUT2D eigenvalue weighted by molar-refractivity contribution is 5.93. The van der Waals surface area contributed by atoms with Gasteiger partial charge in [0.05, 0.1) is 12.0 Å². The Hall–Kier alpha value is -1.97. The second kappa shape index (κ2) is 12.4. The molecule has 4 heteroatoms. The van der Waals surface area contributed by atoms with Crippen molar-refractivity contribution in [1.29, 1.82) is 0 Å². The molecule has 0 saturated carbocycles. The Labute approximate surface area is 162 Å². The maximum Gasteiger partial charge on any atom is 0.371 e. The van der Waals surface area contributed by atoms with Crippen LogP contribution >= 0.6 is 0 Å². The quantitative estimate of drug-likeness (QED) is 0.335. The van der Waals surface area contributed by atoms with E-state index in [4.69, 9.17) is 14.3 Å². The molecular formula is C23H34O4. The van der Waals surface area contributed by atoms with Crippen LogP contribution in [0.15, 0.2) is 28.7 Å². The number of carboxylic acid groups (broad SMARTS) is 1. The zero-order valence-electron chi connectivity index (χ0n) is 16.7. The van der Waals surface area contributed by atoms with Crippen LogP contribution in [0.4, 0.5) is 0 Å². The maximum absolute atomic E-state index is 11.0. The third-order valence-corrected chi connectivity index (χ3v) is 4.99. The van der Waals surface area contributed by atoms with E-state index in [9.17, 15) is 4.79 Å². The molecule has 1 heterocycles. The van der Waals surface area contributed by atoms with E-state index in [1.165, 1.54) is 76.7 Å². The van der Waals surface area contributed by atoms with Crippen LogP contribution in [0, 0.1) is 0 Å². The second-order valence-electron chi connectivity index (χ2n) is 7.32. The number of fused-ring (bicyclic) bond motifs is 1. The summed E-state index contributed by atoms with van der Waals surface area (Å²) >= 11 is 0. The molecule has 4 nitrogen and oxygen atoms in total. The van der Waals surface area contributed by atoms with E-state index in [0.717, 1.165) is 11.8 Å². The highest BCUT2D eigenvalue weighted by Crippen LogP contribution is 2.29. The Morgan fingerprint density at radius 3 is 2.11 bits per heavy atom. The topological polar surface area (TPSA) is 59.7 Å². The molecule has 0 unspecified atom stereocenters. The van der Waals surface area contributed by atoms with Crippen LogP contribution in [0.25, 0.3) is 11.0 Å². The monoisotopic (exact) mass is 374 g/mol. The number of furan rings is 1. The fraction of sp³-hybridized carbons (Fsp3) is 0.609. The van der Waals surface area contributed by atoms with Crippen LogP contribution in [-0.4, -0.2) is 17.7 Å². The van der Waals surface area contributed by atoms with Gasteiger partial charge in [-0.05, 0) is 18.6 Å². The van der Waals surface area contributed by atoms with Gasteiger partial charge in [0.25, 0.3) is 0 Å². The first-order valence-electron chi connectivity index (χ1n) is 10.6. The molecule has 27 heavy (non-hydrogen) atoms. The average molecular weight is 375 g/mol. The molecule has 0 aliphatic rings. The lowest BCUT2D eigenvalue weighted by molar-refractivity contribution is 0.0665. The molecule has 2 rings (SSSR count). The number of hydrogen-bond acceptors (Lipinski definition) is 3. The van der Waals surface area contributed by atoms with Gasteiger partial charge < -0.3 is 14.3 Å². The molecule has 0 radical (unpaired) electrons. The largest absolute Gasteiger partial charge is 0.493 e.